The summed E-state index contributed by atoms with van der Waals surface area (Å²) in [4.78, 5) is 12.1. The second kappa shape index (κ2) is 8.03. The molecule has 0 aliphatic heterocycles. The molecular formula is C19H17ClFNO3. The molecule has 1 N–H and O–H groups in total. The number of hydrogen-bond donors (Lipinski definition) is 1. The minimum Gasteiger partial charge on any atom is -0.494 e. The standard InChI is InChI=1S/C19H17ClFNO3/c20-14-3-8-17-13(11-14)12-18(25-17)19(23)22-9-1-2-10-24-16-6-4-15(21)5-7-16/h3-8,11-12H,1-2,9-10H2,(H,22,23). The van der Waals surface area contributed by atoms with E-state index in [4.69, 9.17) is 20.8 Å². The molecule has 6 heteroatoms. The molecule has 0 bridgehead atoms. The highest BCUT2D eigenvalue weighted by molar-refractivity contribution is 6.31. The van der Waals surface area contributed by atoms with Crippen molar-refractivity contribution in [3.8, 4) is 5.75 Å². The van der Waals surface area contributed by atoms with Gasteiger partial charge in [0, 0.05) is 17.0 Å². The number of halogens is 2. The first-order valence-electron chi connectivity index (χ1n) is 7.97. The van der Waals surface area contributed by atoms with Gasteiger partial charge in [-0.1, -0.05) is 11.6 Å². The fourth-order valence-electron chi connectivity index (χ4n) is 2.36. The highest BCUT2D eigenvalue weighted by Crippen LogP contribution is 2.23. The highest BCUT2D eigenvalue weighted by atomic mass is 35.5. The largest absolute Gasteiger partial charge is 0.494 e. The summed E-state index contributed by atoms with van der Waals surface area (Å²) in [6, 6.07) is 12.8. The molecule has 0 aliphatic carbocycles. The van der Waals surface area contributed by atoms with Gasteiger partial charge in [0.25, 0.3) is 5.91 Å². The summed E-state index contributed by atoms with van der Waals surface area (Å²) < 4.78 is 23.8. The molecule has 0 atom stereocenters. The molecule has 0 radical (unpaired) electrons. The number of carbonyl (C=O) groups is 1. The number of amides is 1. The lowest BCUT2D eigenvalue weighted by molar-refractivity contribution is 0.0927. The van der Waals surface area contributed by atoms with Gasteiger partial charge in [0.2, 0.25) is 0 Å². The van der Waals surface area contributed by atoms with Crippen LogP contribution in [0.3, 0.4) is 0 Å². The lowest BCUT2D eigenvalue weighted by Crippen LogP contribution is -2.24. The molecule has 2 aromatic carbocycles. The van der Waals surface area contributed by atoms with Crippen molar-refractivity contribution in [3.05, 3.63) is 65.1 Å². The van der Waals surface area contributed by atoms with E-state index in [1.165, 1.54) is 12.1 Å². The molecule has 0 spiro atoms. The Bertz CT molecular complexity index is 861. The van der Waals surface area contributed by atoms with Crippen LogP contribution in [-0.2, 0) is 0 Å². The van der Waals surface area contributed by atoms with Crippen molar-refractivity contribution in [3.63, 3.8) is 0 Å². The van der Waals surface area contributed by atoms with Gasteiger partial charge < -0.3 is 14.5 Å². The second-order valence-electron chi connectivity index (χ2n) is 5.56. The summed E-state index contributed by atoms with van der Waals surface area (Å²) in [5, 5.41) is 4.20. The predicted octanol–water partition coefficient (Wildman–Crippen LogP) is 4.81. The van der Waals surface area contributed by atoms with Gasteiger partial charge in [-0.05, 0) is 61.4 Å². The third-order valence-corrected chi connectivity index (χ3v) is 3.88. The van der Waals surface area contributed by atoms with Crippen LogP contribution in [0.5, 0.6) is 5.75 Å². The van der Waals surface area contributed by atoms with Gasteiger partial charge in [0.05, 0.1) is 6.61 Å². The maximum Gasteiger partial charge on any atom is 0.287 e. The first-order valence-corrected chi connectivity index (χ1v) is 8.35. The van der Waals surface area contributed by atoms with Crippen LogP contribution < -0.4 is 10.1 Å². The number of furan rings is 1. The summed E-state index contributed by atoms with van der Waals surface area (Å²) in [7, 11) is 0. The predicted molar refractivity (Wildman–Crippen MR) is 94.7 cm³/mol. The quantitative estimate of drug-likeness (QED) is 0.614. The summed E-state index contributed by atoms with van der Waals surface area (Å²) in [6.45, 7) is 1.02. The van der Waals surface area contributed by atoms with Gasteiger partial charge in [-0.2, -0.15) is 0 Å². The molecule has 1 amide bonds. The van der Waals surface area contributed by atoms with Gasteiger partial charge >= 0.3 is 0 Å². The van der Waals surface area contributed by atoms with Gasteiger partial charge in [-0.15, -0.1) is 0 Å². The summed E-state index contributed by atoms with van der Waals surface area (Å²) in [6.07, 6.45) is 1.53. The number of carbonyl (C=O) groups excluding carboxylic acids is 1. The normalized spacial score (nSPS) is 10.8. The molecule has 0 aliphatic rings. The number of hydrogen-bond acceptors (Lipinski definition) is 3. The molecule has 0 unspecified atom stereocenters. The van der Waals surface area contributed by atoms with Gasteiger partial charge in [0.15, 0.2) is 5.76 Å². The van der Waals surface area contributed by atoms with E-state index in [2.05, 4.69) is 5.32 Å². The SMILES string of the molecule is O=C(NCCCCOc1ccc(F)cc1)c1cc2cc(Cl)ccc2o1. The Morgan fingerprint density at radius 3 is 2.72 bits per heavy atom. The van der Waals surface area contributed by atoms with Crippen LogP contribution in [0.4, 0.5) is 4.39 Å². The number of nitrogens with one attached hydrogen (secondary N) is 1. The second-order valence-corrected chi connectivity index (χ2v) is 5.99. The van der Waals surface area contributed by atoms with Crippen LogP contribution in [0, 0.1) is 5.82 Å². The molecule has 3 rings (SSSR count). The number of benzene rings is 2. The van der Waals surface area contributed by atoms with Crippen LogP contribution in [0.2, 0.25) is 5.02 Å². The Labute approximate surface area is 149 Å². The van der Waals surface area contributed by atoms with E-state index in [1.807, 2.05) is 0 Å². The molecule has 25 heavy (non-hydrogen) atoms. The zero-order valence-corrected chi connectivity index (χ0v) is 14.2. The first kappa shape index (κ1) is 17.3. The number of ether oxygens (including phenoxy) is 1. The fraction of sp³-hybridized carbons (Fsp3) is 0.211. The van der Waals surface area contributed by atoms with Crippen LogP contribution >= 0.6 is 11.6 Å². The monoisotopic (exact) mass is 361 g/mol. The van der Waals surface area contributed by atoms with Crippen molar-refractivity contribution < 1.29 is 18.3 Å². The summed E-state index contributed by atoms with van der Waals surface area (Å²) >= 11 is 5.92. The lowest BCUT2D eigenvalue weighted by Gasteiger charge is -2.06. The molecule has 0 saturated heterocycles. The van der Waals surface area contributed by atoms with Crippen LogP contribution in [0.1, 0.15) is 23.4 Å². The summed E-state index contributed by atoms with van der Waals surface area (Å²) in [5.74, 6) is 0.348. The fourth-order valence-corrected chi connectivity index (χ4v) is 2.54. The van der Waals surface area contributed by atoms with E-state index < -0.39 is 0 Å². The molecular weight excluding hydrogens is 345 g/mol. The van der Waals surface area contributed by atoms with Crippen molar-refractivity contribution in [1.82, 2.24) is 5.32 Å². The average molecular weight is 362 g/mol. The van der Waals surface area contributed by atoms with Crippen molar-refractivity contribution in [2.75, 3.05) is 13.2 Å². The smallest absolute Gasteiger partial charge is 0.287 e. The Balaban J connectivity index is 1.39. The third kappa shape index (κ3) is 4.73. The van der Waals surface area contributed by atoms with Crippen molar-refractivity contribution in [2.24, 2.45) is 0 Å². The number of unbranched alkanes of at least 4 members (excludes halogenated alkanes) is 1. The maximum absolute atomic E-state index is 12.8. The van der Waals surface area contributed by atoms with E-state index >= 15 is 0 Å². The Hall–Kier alpha value is -2.53. The Morgan fingerprint density at radius 2 is 1.92 bits per heavy atom. The molecule has 0 fully saturated rings. The van der Waals surface area contributed by atoms with E-state index in [9.17, 15) is 9.18 Å². The maximum atomic E-state index is 12.8. The van der Waals surface area contributed by atoms with Crippen LogP contribution in [0.25, 0.3) is 11.0 Å². The third-order valence-electron chi connectivity index (χ3n) is 3.64. The molecule has 1 heterocycles. The molecule has 130 valence electrons. The van der Waals surface area contributed by atoms with Crippen molar-refractivity contribution in [1.29, 1.82) is 0 Å². The molecule has 0 saturated carbocycles. The topological polar surface area (TPSA) is 51.5 Å². The highest BCUT2D eigenvalue weighted by Gasteiger charge is 2.11. The first-order chi connectivity index (χ1) is 12.1. The Kier molecular flexibility index (Phi) is 5.56. The Morgan fingerprint density at radius 1 is 1.12 bits per heavy atom. The zero-order chi connectivity index (χ0) is 17.6. The van der Waals surface area contributed by atoms with Gasteiger partial charge in [0.1, 0.15) is 17.1 Å². The zero-order valence-electron chi connectivity index (χ0n) is 13.4. The molecule has 1 aromatic heterocycles. The molecule has 4 nitrogen and oxygen atoms in total. The van der Waals surface area contributed by atoms with Crippen LogP contribution in [-0.4, -0.2) is 19.1 Å². The number of fused-ring (bicyclic) bond motifs is 1. The lowest BCUT2D eigenvalue weighted by atomic mass is 10.2. The summed E-state index contributed by atoms with van der Waals surface area (Å²) in [5.41, 5.74) is 0.627. The van der Waals surface area contributed by atoms with Crippen molar-refractivity contribution in [2.45, 2.75) is 12.8 Å². The minimum atomic E-state index is -0.289. The van der Waals surface area contributed by atoms with E-state index in [0.717, 1.165) is 18.2 Å². The van der Waals surface area contributed by atoms with Gasteiger partial charge in [-0.3, -0.25) is 4.79 Å². The average Bonchev–Trinajstić information content (AvgIpc) is 3.02. The van der Waals surface area contributed by atoms with E-state index in [-0.39, 0.29) is 17.5 Å². The van der Waals surface area contributed by atoms with Gasteiger partial charge in [-0.25, -0.2) is 4.39 Å². The van der Waals surface area contributed by atoms with Crippen molar-refractivity contribution >= 4 is 28.5 Å². The molecule has 3 aromatic rings. The van der Waals surface area contributed by atoms with Crippen LogP contribution in [0.15, 0.2) is 52.9 Å². The number of rotatable bonds is 7. The van der Waals surface area contributed by atoms with E-state index in [1.54, 1.807) is 36.4 Å². The van der Waals surface area contributed by atoms with E-state index in [0.29, 0.717) is 29.5 Å². The minimum absolute atomic E-state index is 0.258.